The van der Waals surface area contributed by atoms with Crippen LogP contribution in [-0.2, 0) is 4.74 Å². The number of hydrogen-bond acceptors (Lipinski definition) is 3. The molecule has 1 aliphatic rings. The van der Waals surface area contributed by atoms with Gasteiger partial charge in [0.1, 0.15) is 0 Å². The summed E-state index contributed by atoms with van der Waals surface area (Å²) in [6.45, 7) is 5.54. The molecule has 1 heterocycles. The molecule has 0 saturated carbocycles. The number of hydrogen-bond donors (Lipinski definition) is 1. The van der Waals surface area contributed by atoms with Crippen molar-refractivity contribution in [2.75, 3.05) is 32.5 Å². The summed E-state index contributed by atoms with van der Waals surface area (Å²) in [6.07, 6.45) is 2.44. The number of nitrogens with zero attached hydrogens (tertiary/aromatic N) is 1. The van der Waals surface area contributed by atoms with Crippen LogP contribution < -0.4 is 0 Å². The lowest BCUT2D eigenvalue weighted by Crippen LogP contribution is -2.47. The topological polar surface area (TPSA) is 12.5 Å². The molecule has 0 aromatic heterocycles. The molecule has 1 fully saturated rings. The average Bonchev–Trinajstić information content (AvgIpc) is 2.05. The minimum Gasteiger partial charge on any atom is -0.377 e. The van der Waals surface area contributed by atoms with Gasteiger partial charge in [-0.3, -0.25) is 4.90 Å². The molecule has 0 amide bonds. The van der Waals surface area contributed by atoms with Crippen LogP contribution in [-0.4, -0.2) is 43.0 Å². The molecule has 0 bridgehead atoms. The van der Waals surface area contributed by atoms with Crippen molar-refractivity contribution < 1.29 is 4.74 Å². The quantitative estimate of drug-likeness (QED) is 0.674. The van der Waals surface area contributed by atoms with Gasteiger partial charge in [-0.25, -0.2) is 0 Å². The van der Waals surface area contributed by atoms with E-state index >= 15 is 0 Å². The molecule has 0 aromatic carbocycles. The lowest BCUT2D eigenvalue weighted by molar-refractivity contribution is -0.0490. The van der Waals surface area contributed by atoms with Gasteiger partial charge >= 0.3 is 0 Å². The zero-order chi connectivity index (χ0) is 9.03. The van der Waals surface area contributed by atoms with Crippen LogP contribution >= 0.6 is 12.6 Å². The largest absolute Gasteiger partial charge is 0.377 e. The molecule has 72 valence electrons. The highest BCUT2D eigenvalue weighted by atomic mass is 32.1. The van der Waals surface area contributed by atoms with Gasteiger partial charge in [-0.2, -0.15) is 12.6 Å². The molecular formula is C9H19NOS. The second kappa shape index (κ2) is 4.49. The van der Waals surface area contributed by atoms with E-state index in [-0.39, 0.29) is 5.60 Å². The van der Waals surface area contributed by atoms with Gasteiger partial charge in [0.15, 0.2) is 0 Å². The zero-order valence-corrected chi connectivity index (χ0v) is 8.94. The van der Waals surface area contributed by atoms with Gasteiger partial charge in [0.2, 0.25) is 0 Å². The Bertz CT molecular complexity index is 140. The van der Waals surface area contributed by atoms with E-state index in [4.69, 9.17) is 4.74 Å². The maximum Gasteiger partial charge on any atom is 0.0777 e. The van der Waals surface area contributed by atoms with Gasteiger partial charge in [0, 0.05) is 26.0 Å². The van der Waals surface area contributed by atoms with Gasteiger partial charge in [0.25, 0.3) is 0 Å². The minimum atomic E-state index is 0.0845. The van der Waals surface area contributed by atoms with Crippen LogP contribution in [0.4, 0.5) is 0 Å². The number of likely N-dealkylation sites (tertiary alicyclic amines) is 1. The van der Waals surface area contributed by atoms with Crippen LogP contribution in [0.5, 0.6) is 0 Å². The highest BCUT2D eigenvalue weighted by Crippen LogP contribution is 2.23. The summed E-state index contributed by atoms with van der Waals surface area (Å²) in [5, 5.41) is 0. The first kappa shape index (κ1) is 10.4. The van der Waals surface area contributed by atoms with Crippen LogP contribution in [0, 0.1) is 0 Å². The highest BCUT2D eigenvalue weighted by Gasteiger charge is 2.29. The number of ether oxygens (including phenoxy) is 1. The van der Waals surface area contributed by atoms with Crippen molar-refractivity contribution in [3.63, 3.8) is 0 Å². The van der Waals surface area contributed by atoms with Gasteiger partial charge in [-0.1, -0.05) is 0 Å². The Labute approximate surface area is 80.7 Å². The van der Waals surface area contributed by atoms with Crippen molar-refractivity contribution in [3.05, 3.63) is 0 Å². The molecule has 12 heavy (non-hydrogen) atoms. The first-order valence-corrected chi connectivity index (χ1v) is 5.22. The predicted octanol–water partition coefficient (Wildman–Crippen LogP) is 1.42. The molecule has 3 heteroatoms. The van der Waals surface area contributed by atoms with E-state index in [1.807, 2.05) is 7.11 Å². The number of piperidine rings is 1. The minimum absolute atomic E-state index is 0.0845. The Balaban J connectivity index is 2.39. The third-order valence-electron chi connectivity index (χ3n) is 2.65. The Hall–Kier alpha value is 0.270. The van der Waals surface area contributed by atoms with Gasteiger partial charge in [-0.15, -0.1) is 0 Å². The predicted molar refractivity (Wildman–Crippen MR) is 54.9 cm³/mol. The van der Waals surface area contributed by atoms with Crippen molar-refractivity contribution in [2.24, 2.45) is 0 Å². The van der Waals surface area contributed by atoms with Crippen molar-refractivity contribution in [2.45, 2.75) is 25.4 Å². The lowest BCUT2D eigenvalue weighted by Gasteiger charge is -2.39. The summed E-state index contributed by atoms with van der Waals surface area (Å²) in [5.41, 5.74) is 0.0845. The van der Waals surface area contributed by atoms with Crippen molar-refractivity contribution in [1.29, 1.82) is 0 Å². The van der Waals surface area contributed by atoms with Crippen LogP contribution in [0.25, 0.3) is 0 Å². The third kappa shape index (κ3) is 2.64. The molecule has 0 aromatic rings. The second-order valence-electron chi connectivity index (χ2n) is 3.76. The van der Waals surface area contributed by atoms with E-state index in [1.54, 1.807) is 0 Å². The van der Waals surface area contributed by atoms with E-state index in [9.17, 15) is 0 Å². The lowest BCUT2D eigenvalue weighted by atomic mass is 9.95. The van der Waals surface area contributed by atoms with Gasteiger partial charge in [0.05, 0.1) is 5.60 Å². The number of thiol groups is 1. The van der Waals surface area contributed by atoms with Crippen LogP contribution in [0.2, 0.25) is 0 Å². The van der Waals surface area contributed by atoms with E-state index in [2.05, 4.69) is 24.5 Å². The molecule has 1 atom stereocenters. The average molecular weight is 189 g/mol. The molecule has 1 saturated heterocycles. The fourth-order valence-electron chi connectivity index (χ4n) is 1.81. The molecule has 0 aliphatic carbocycles. The highest BCUT2D eigenvalue weighted by molar-refractivity contribution is 7.80. The monoisotopic (exact) mass is 189 g/mol. The fraction of sp³-hybridized carbons (Fsp3) is 1.00. The Morgan fingerprint density at radius 2 is 2.33 bits per heavy atom. The fourth-order valence-corrected chi connectivity index (χ4v) is 2.09. The maximum absolute atomic E-state index is 5.49. The Morgan fingerprint density at radius 3 is 2.92 bits per heavy atom. The number of rotatable bonds is 3. The van der Waals surface area contributed by atoms with Crippen LogP contribution in [0.1, 0.15) is 19.8 Å². The third-order valence-corrected chi connectivity index (χ3v) is 2.85. The first-order chi connectivity index (χ1) is 5.70. The van der Waals surface area contributed by atoms with Gasteiger partial charge in [-0.05, 0) is 26.3 Å². The summed E-state index contributed by atoms with van der Waals surface area (Å²) in [5.74, 6) is 0.944. The van der Waals surface area contributed by atoms with Crippen LogP contribution in [0.15, 0.2) is 0 Å². The van der Waals surface area contributed by atoms with Crippen molar-refractivity contribution in [3.8, 4) is 0 Å². The summed E-state index contributed by atoms with van der Waals surface area (Å²) in [6, 6.07) is 0. The molecule has 1 unspecified atom stereocenters. The Morgan fingerprint density at radius 1 is 1.58 bits per heavy atom. The second-order valence-corrected chi connectivity index (χ2v) is 4.20. The van der Waals surface area contributed by atoms with E-state index < -0.39 is 0 Å². The van der Waals surface area contributed by atoms with E-state index in [0.717, 1.165) is 18.8 Å². The summed E-state index contributed by atoms with van der Waals surface area (Å²) in [4.78, 5) is 2.43. The van der Waals surface area contributed by atoms with Gasteiger partial charge < -0.3 is 4.74 Å². The molecular weight excluding hydrogens is 170 g/mol. The SMILES string of the molecule is COC1(C)CCCN(CCS)C1. The Kier molecular flexibility index (Phi) is 3.87. The van der Waals surface area contributed by atoms with Crippen LogP contribution in [0.3, 0.4) is 0 Å². The van der Waals surface area contributed by atoms with E-state index in [1.165, 1.54) is 19.4 Å². The molecule has 0 spiro atoms. The number of methoxy groups -OCH3 is 1. The molecule has 0 N–H and O–H groups in total. The van der Waals surface area contributed by atoms with E-state index in [0.29, 0.717) is 0 Å². The summed E-state index contributed by atoms with van der Waals surface area (Å²) < 4.78 is 5.49. The molecule has 1 aliphatic heterocycles. The molecule has 1 rings (SSSR count). The van der Waals surface area contributed by atoms with Crippen molar-refractivity contribution >= 4 is 12.6 Å². The summed E-state index contributed by atoms with van der Waals surface area (Å²) in [7, 11) is 1.81. The first-order valence-electron chi connectivity index (χ1n) is 4.58. The molecule has 2 nitrogen and oxygen atoms in total. The maximum atomic E-state index is 5.49. The molecule has 0 radical (unpaired) electrons. The normalized spacial score (nSPS) is 32.2. The standard InChI is InChI=1S/C9H19NOS/c1-9(11-2)4-3-5-10(8-9)6-7-12/h12H,3-8H2,1-2H3. The zero-order valence-electron chi connectivity index (χ0n) is 8.05. The smallest absolute Gasteiger partial charge is 0.0777 e. The summed E-state index contributed by atoms with van der Waals surface area (Å²) >= 11 is 4.23. The van der Waals surface area contributed by atoms with Crippen molar-refractivity contribution in [1.82, 2.24) is 4.90 Å².